The third-order valence-electron chi connectivity index (χ3n) is 2.43. The predicted octanol–water partition coefficient (Wildman–Crippen LogP) is 2.49. The van der Waals surface area contributed by atoms with Crippen molar-refractivity contribution in [3.63, 3.8) is 0 Å². The molecule has 2 aromatic rings. The minimum atomic E-state index is -0.675. The lowest BCUT2D eigenvalue weighted by Gasteiger charge is -2.08. The summed E-state index contributed by atoms with van der Waals surface area (Å²) in [5.41, 5.74) is 0.924. The molecule has 0 aliphatic carbocycles. The van der Waals surface area contributed by atoms with Crippen LogP contribution < -0.4 is 5.32 Å². The van der Waals surface area contributed by atoms with Crippen LogP contribution in [0.4, 0.5) is 10.1 Å². The van der Waals surface area contributed by atoms with Gasteiger partial charge in [-0.25, -0.2) is 9.37 Å². The molecule has 2 rings (SSSR count). The Morgan fingerprint density at radius 3 is 2.83 bits per heavy atom. The van der Waals surface area contributed by atoms with Crippen LogP contribution in [0.25, 0.3) is 0 Å². The Bertz CT molecular complexity index is 599. The highest BCUT2D eigenvalue weighted by molar-refractivity contribution is 6.03. The van der Waals surface area contributed by atoms with Crippen molar-refractivity contribution >= 4 is 11.6 Å². The standard InChI is InChI=1S/C13H11FN2O2/c1-8-7-9(17)4-5-11(8)16-13(18)12-10(14)3-2-6-15-12/h2-7,17H,1H3,(H,16,18). The third kappa shape index (κ3) is 2.45. The number of anilines is 1. The van der Waals surface area contributed by atoms with Crippen molar-refractivity contribution < 1.29 is 14.3 Å². The Balaban J connectivity index is 2.24. The summed E-state index contributed by atoms with van der Waals surface area (Å²) in [5.74, 6) is -1.19. The Hall–Kier alpha value is -2.43. The normalized spacial score (nSPS) is 10.1. The molecule has 0 spiro atoms. The Labute approximate surface area is 103 Å². The number of amides is 1. The zero-order valence-electron chi connectivity index (χ0n) is 9.64. The number of carbonyl (C=O) groups excluding carboxylic acids is 1. The van der Waals surface area contributed by atoms with Crippen molar-refractivity contribution in [2.45, 2.75) is 6.92 Å². The summed E-state index contributed by atoms with van der Waals surface area (Å²) >= 11 is 0. The second-order valence-electron chi connectivity index (χ2n) is 3.79. The molecule has 0 saturated heterocycles. The van der Waals surface area contributed by atoms with Crippen molar-refractivity contribution in [2.75, 3.05) is 5.32 Å². The van der Waals surface area contributed by atoms with Gasteiger partial charge in [0.2, 0.25) is 0 Å². The lowest BCUT2D eigenvalue weighted by atomic mass is 10.2. The van der Waals surface area contributed by atoms with Gasteiger partial charge in [0.1, 0.15) is 5.75 Å². The van der Waals surface area contributed by atoms with E-state index in [4.69, 9.17) is 0 Å². The number of rotatable bonds is 2. The number of nitrogens with one attached hydrogen (secondary N) is 1. The first-order valence-corrected chi connectivity index (χ1v) is 5.29. The van der Waals surface area contributed by atoms with Crippen molar-refractivity contribution in [3.8, 4) is 5.75 Å². The predicted molar refractivity (Wildman–Crippen MR) is 65.0 cm³/mol. The summed E-state index contributed by atoms with van der Waals surface area (Å²) in [6.07, 6.45) is 1.35. The van der Waals surface area contributed by atoms with Crippen molar-refractivity contribution in [1.29, 1.82) is 0 Å². The molecule has 1 heterocycles. The van der Waals surface area contributed by atoms with Gasteiger partial charge in [0.25, 0.3) is 5.91 Å². The van der Waals surface area contributed by atoms with Gasteiger partial charge in [-0.2, -0.15) is 0 Å². The molecule has 0 aliphatic rings. The van der Waals surface area contributed by atoms with Crippen molar-refractivity contribution in [3.05, 3.63) is 53.6 Å². The van der Waals surface area contributed by atoms with E-state index in [0.29, 0.717) is 11.3 Å². The molecule has 1 amide bonds. The van der Waals surface area contributed by atoms with E-state index < -0.39 is 11.7 Å². The van der Waals surface area contributed by atoms with Gasteiger partial charge in [-0.1, -0.05) is 0 Å². The number of hydrogen-bond acceptors (Lipinski definition) is 3. The molecule has 0 aliphatic heterocycles. The van der Waals surface area contributed by atoms with Gasteiger partial charge >= 0.3 is 0 Å². The maximum Gasteiger partial charge on any atom is 0.277 e. The highest BCUT2D eigenvalue weighted by Crippen LogP contribution is 2.20. The molecule has 1 aromatic carbocycles. The summed E-state index contributed by atoms with van der Waals surface area (Å²) in [6, 6.07) is 7.08. The fraction of sp³-hybridized carbons (Fsp3) is 0.0769. The number of nitrogens with zero attached hydrogens (tertiary/aromatic N) is 1. The Morgan fingerprint density at radius 2 is 2.17 bits per heavy atom. The fourth-order valence-electron chi connectivity index (χ4n) is 1.52. The van der Waals surface area contributed by atoms with Crippen LogP contribution in [0.5, 0.6) is 5.75 Å². The minimum absolute atomic E-state index is 0.106. The molecular formula is C13H11FN2O2. The molecule has 0 saturated carbocycles. The van der Waals surface area contributed by atoms with E-state index in [2.05, 4.69) is 10.3 Å². The van der Waals surface area contributed by atoms with Gasteiger partial charge in [0.15, 0.2) is 11.5 Å². The van der Waals surface area contributed by atoms with Gasteiger partial charge < -0.3 is 10.4 Å². The van der Waals surface area contributed by atoms with Gasteiger partial charge in [0, 0.05) is 11.9 Å². The lowest BCUT2D eigenvalue weighted by Crippen LogP contribution is -2.16. The average molecular weight is 246 g/mol. The zero-order chi connectivity index (χ0) is 13.1. The number of aromatic nitrogens is 1. The van der Waals surface area contributed by atoms with E-state index in [1.54, 1.807) is 13.0 Å². The van der Waals surface area contributed by atoms with E-state index in [9.17, 15) is 14.3 Å². The second-order valence-corrected chi connectivity index (χ2v) is 3.79. The maximum atomic E-state index is 13.3. The topological polar surface area (TPSA) is 62.2 Å². The SMILES string of the molecule is Cc1cc(O)ccc1NC(=O)c1ncccc1F. The van der Waals surface area contributed by atoms with Crippen LogP contribution in [-0.2, 0) is 0 Å². The third-order valence-corrected chi connectivity index (χ3v) is 2.43. The maximum absolute atomic E-state index is 13.3. The van der Waals surface area contributed by atoms with Crippen LogP contribution in [0, 0.1) is 12.7 Å². The molecule has 0 radical (unpaired) electrons. The summed E-state index contributed by atoms with van der Waals surface area (Å²) in [4.78, 5) is 15.5. The fourth-order valence-corrected chi connectivity index (χ4v) is 1.52. The molecule has 0 unspecified atom stereocenters. The van der Waals surface area contributed by atoms with Crippen molar-refractivity contribution in [2.24, 2.45) is 0 Å². The molecule has 4 nitrogen and oxygen atoms in total. The van der Waals surface area contributed by atoms with Gasteiger partial charge in [-0.05, 0) is 42.8 Å². The molecule has 1 aromatic heterocycles. The first-order chi connectivity index (χ1) is 8.58. The largest absolute Gasteiger partial charge is 0.508 e. The van der Waals surface area contributed by atoms with Crippen LogP contribution >= 0.6 is 0 Å². The first-order valence-electron chi connectivity index (χ1n) is 5.29. The lowest BCUT2D eigenvalue weighted by molar-refractivity contribution is 0.101. The number of hydrogen-bond donors (Lipinski definition) is 2. The van der Waals surface area contributed by atoms with Crippen LogP contribution in [0.2, 0.25) is 0 Å². The summed E-state index contributed by atoms with van der Waals surface area (Å²) < 4.78 is 13.3. The zero-order valence-corrected chi connectivity index (χ0v) is 9.64. The number of halogens is 1. The molecule has 2 N–H and O–H groups in total. The number of benzene rings is 1. The summed E-state index contributed by atoms with van der Waals surface area (Å²) in [7, 11) is 0. The minimum Gasteiger partial charge on any atom is -0.508 e. The quantitative estimate of drug-likeness (QED) is 0.800. The van der Waals surface area contributed by atoms with Crippen LogP contribution in [0.15, 0.2) is 36.5 Å². The van der Waals surface area contributed by atoms with Gasteiger partial charge in [-0.15, -0.1) is 0 Å². The second kappa shape index (κ2) is 4.83. The van der Waals surface area contributed by atoms with E-state index >= 15 is 0 Å². The number of carbonyl (C=O) groups is 1. The number of aromatic hydroxyl groups is 1. The van der Waals surface area contributed by atoms with E-state index in [1.807, 2.05) is 0 Å². The van der Waals surface area contributed by atoms with Crippen molar-refractivity contribution in [1.82, 2.24) is 4.98 Å². The average Bonchev–Trinajstić information content (AvgIpc) is 2.33. The smallest absolute Gasteiger partial charge is 0.277 e. The number of phenols is 1. The molecule has 0 bridgehead atoms. The number of aryl methyl sites for hydroxylation is 1. The highest BCUT2D eigenvalue weighted by Gasteiger charge is 2.13. The van der Waals surface area contributed by atoms with Crippen LogP contribution in [-0.4, -0.2) is 16.0 Å². The Kier molecular flexibility index (Phi) is 3.23. The summed E-state index contributed by atoms with van der Waals surface area (Å²) in [6.45, 7) is 1.73. The van der Waals surface area contributed by atoms with E-state index in [-0.39, 0.29) is 11.4 Å². The van der Waals surface area contributed by atoms with Crippen LogP contribution in [0.1, 0.15) is 16.1 Å². The number of phenolic OH excluding ortho intramolecular Hbond substituents is 1. The van der Waals surface area contributed by atoms with E-state index in [1.165, 1.54) is 30.5 Å². The summed E-state index contributed by atoms with van der Waals surface area (Å²) in [5, 5.41) is 11.8. The molecule has 92 valence electrons. The Morgan fingerprint density at radius 1 is 1.39 bits per heavy atom. The monoisotopic (exact) mass is 246 g/mol. The highest BCUT2D eigenvalue weighted by atomic mass is 19.1. The van der Waals surface area contributed by atoms with Gasteiger partial charge in [-0.3, -0.25) is 4.79 Å². The molecule has 0 atom stereocenters. The van der Waals surface area contributed by atoms with Gasteiger partial charge in [0.05, 0.1) is 0 Å². The van der Waals surface area contributed by atoms with E-state index in [0.717, 1.165) is 0 Å². The first kappa shape index (κ1) is 12.0. The number of pyridine rings is 1. The molecule has 0 fully saturated rings. The molecule has 5 heteroatoms. The van der Waals surface area contributed by atoms with Crippen LogP contribution in [0.3, 0.4) is 0 Å². The molecular weight excluding hydrogens is 235 g/mol. The molecule has 18 heavy (non-hydrogen) atoms.